The van der Waals surface area contributed by atoms with Crippen molar-refractivity contribution >= 4 is 15.9 Å². The van der Waals surface area contributed by atoms with Crippen LogP contribution < -0.4 is 10.6 Å². The van der Waals surface area contributed by atoms with Gasteiger partial charge in [0, 0.05) is 30.9 Å². The zero-order valence-electron chi connectivity index (χ0n) is 13.3. The average Bonchev–Trinajstić information content (AvgIpc) is 2.83. The Morgan fingerprint density at radius 2 is 2.00 bits per heavy atom. The molecule has 1 aromatic heterocycles. The number of nitrogens with zero attached hydrogens (tertiary/aromatic N) is 1. The topological polar surface area (TPSA) is 88.2 Å². The highest BCUT2D eigenvalue weighted by molar-refractivity contribution is 7.91. The predicted molar refractivity (Wildman–Crippen MR) is 90.4 cm³/mol. The molecule has 0 radical (unpaired) electrons. The van der Waals surface area contributed by atoms with Crippen molar-refractivity contribution in [2.75, 3.05) is 12.3 Å². The second-order valence-electron chi connectivity index (χ2n) is 5.83. The van der Waals surface area contributed by atoms with Crippen LogP contribution in [0.2, 0.25) is 0 Å². The van der Waals surface area contributed by atoms with E-state index in [1.54, 1.807) is 18.3 Å². The molecule has 2 N–H and O–H groups in total. The van der Waals surface area contributed by atoms with Gasteiger partial charge in [-0.3, -0.25) is 4.98 Å². The number of pyridine rings is 1. The van der Waals surface area contributed by atoms with Crippen LogP contribution in [0, 0.1) is 6.92 Å². The molecule has 0 aliphatic carbocycles. The molecule has 0 saturated carbocycles. The highest BCUT2D eigenvalue weighted by Crippen LogP contribution is 2.34. The number of aryl methyl sites for hydroxylation is 1. The highest BCUT2D eigenvalue weighted by atomic mass is 32.2. The second kappa shape index (κ2) is 6.60. The van der Waals surface area contributed by atoms with Gasteiger partial charge in [-0.15, -0.1) is 0 Å². The number of aromatic nitrogens is 1. The third kappa shape index (κ3) is 3.41. The number of amides is 2. The number of carbonyl (C=O) groups is 1. The molecule has 1 aliphatic rings. The van der Waals surface area contributed by atoms with Crippen molar-refractivity contribution in [1.29, 1.82) is 0 Å². The molecule has 2 aromatic rings. The molecule has 2 heterocycles. The average molecular weight is 345 g/mol. The van der Waals surface area contributed by atoms with Gasteiger partial charge in [0.05, 0.1) is 10.6 Å². The normalized spacial score (nSPS) is 18.0. The number of benzene rings is 1. The Morgan fingerprint density at radius 1 is 1.21 bits per heavy atom. The largest absolute Gasteiger partial charge is 0.338 e. The maximum Gasteiger partial charge on any atom is 0.315 e. The zero-order chi connectivity index (χ0) is 17.2. The fourth-order valence-electron chi connectivity index (χ4n) is 2.87. The first kappa shape index (κ1) is 16.4. The number of carbonyl (C=O) groups excluding carboxylic acids is 1. The summed E-state index contributed by atoms with van der Waals surface area (Å²) in [5.74, 6) is -0.175. The number of sulfone groups is 1. The minimum absolute atomic E-state index is 0.0361. The second-order valence-corrected chi connectivity index (χ2v) is 7.83. The fraction of sp³-hybridized carbons (Fsp3) is 0.294. The molecule has 1 unspecified atom stereocenters. The van der Waals surface area contributed by atoms with Crippen molar-refractivity contribution in [1.82, 2.24) is 15.6 Å². The van der Waals surface area contributed by atoms with E-state index >= 15 is 0 Å². The first-order valence-electron chi connectivity index (χ1n) is 7.71. The van der Waals surface area contributed by atoms with Crippen LogP contribution in [0.25, 0.3) is 0 Å². The molecule has 1 aliphatic heterocycles. The van der Waals surface area contributed by atoms with Gasteiger partial charge in [0.2, 0.25) is 0 Å². The van der Waals surface area contributed by atoms with E-state index in [2.05, 4.69) is 15.6 Å². The van der Waals surface area contributed by atoms with Crippen molar-refractivity contribution in [3.8, 4) is 0 Å². The van der Waals surface area contributed by atoms with E-state index in [4.69, 9.17) is 0 Å². The van der Waals surface area contributed by atoms with Crippen LogP contribution in [-0.4, -0.2) is 31.7 Å². The Labute approximate surface area is 141 Å². The lowest BCUT2D eigenvalue weighted by Crippen LogP contribution is -2.37. The molecule has 0 fully saturated rings. The Morgan fingerprint density at radius 3 is 2.79 bits per heavy atom. The molecule has 0 bridgehead atoms. The van der Waals surface area contributed by atoms with E-state index in [-0.39, 0.29) is 24.2 Å². The molecule has 6 nitrogen and oxygen atoms in total. The van der Waals surface area contributed by atoms with E-state index < -0.39 is 9.84 Å². The Balaban J connectivity index is 1.57. The van der Waals surface area contributed by atoms with E-state index in [0.29, 0.717) is 11.4 Å². The molecular formula is C17H19N3O3S. The molecular weight excluding hydrogens is 326 g/mol. The van der Waals surface area contributed by atoms with Gasteiger partial charge >= 0.3 is 6.03 Å². The molecule has 7 heteroatoms. The maximum absolute atomic E-state index is 12.1. The van der Waals surface area contributed by atoms with Gasteiger partial charge in [0.15, 0.2) is 9.84 Å². The lowest BCUT2D eigenvalue weighted by Gasteiger charge is -2.13. The SMILES string of the molecule is Cc1ncccc1CNC(=O)NCC1CS(=O)(=O)c2ccccc21. The minimum atomic E-state index is -3.24. The van der Waals surface area contributed by atoms with Crippen molar-refractivity contribution in [2.45, 2.75) is 24.3 Å². The quantitative estimate of drug-likeness (QED) is 0.884. The van der Waals surface area contributed by atoms with Crippen LogP contribution in [0.15, 0.2) is 47.5 Å². The summed E-state index contributed by atoms with van der Waals surface area (Å²) in [5.41, 5.74) is 2.59. The van der Waals surface area contributed by atoms with Crippen LogP contribution in [0.3, 0.4) is 0 Å². The third-order valence-corrected chi connectivity index (χ3v) is 6.06. The summed E-state index contributed by atoms with van der Waals surface area (Å²) in [6.45, 7) is 2.55. The summed E-state index contributed by atoms with van der Waals surface area (Å²) in [4.78, 5) is 16.5. The van der Waals surface area contributed by atoms with Gasteiger partial charge in [-0.1, -0.05) is 24.3 Å². The zero-order valence-corrected chi connectivity index (χ0v) is 14.1. The Kier molecular flexibility index (Phi) is 4.53. The molecule has 3 rings (SSSR count). The number of rotatable bonds is 4. The van der Waals surface area contributed by atoms with E-state index in [0.717, 1.165) is 16.8 Å². The number of urea groups is 1. The molecule has 1 atom stereocenters. The minimum Gasteiger partial charge on any atom is -0.338 e. The van der Waals surface area contributed by atoms with Crippen molar-refractivity contribution in [3.63, 3.8) is 0 Å². The van der Waals surface area contributed by atoms with Gasteiger partial charge in [-0.2, -0.15) is 0 Å². The molecule has 2 amide bonds. The van der Waals surface area contributed by atoms with E-state index in [1.165, 1.54) is 0 Å². The summed E-state index contributed by atoms with van der Waals surface area (Å²) >= 11 is 0. The Bertz CT molecular complexity index is 865. The smallest absolute Gasteiger partial charge is 0.315 e. The van der Waals surface area contributed by atoms with Crippen molar-refractivity contribution in [2.24, 2.45) is 0 Å². The van der Waals surface area contributed by atoms with Crippen molar-refractivity contribution < 1.29 is 13.2 Å². The lowest BCUT2D eigenvalue weighted by atomic mass is 10.0. The van der Waals surface area contributed by atoms with Crippen LogP contribution in [0.1, 0.15) is 22.7 Å². The summed E-state index contributed by atoms with van der Waals surface area (Å²) in [5, 5.41) is 5.53. The van der Waals surface area contributed by atoms with Gasteiger partial charge < -0.3 is 10.6 Å². The molecule has 24 heavy (non-hydrogen) atoms. The van der Waals surface area contributed by atoms with Crippen LogP contribution in [0.4, 0.5) is 4.79 Å². The maximum atomic E-state index is 12.1. The first-order valence-corrected chi connectivity index (χ1v) is 9.36. The van der Waals surface area contributed by atoms with Gasteiger partial charge in [0.1, 0.15) is 0 Å². The molecule has 0 saturated heterocycles. The number of hydrogen-bond acceptors (Lipinski definition) is 4. The van der Waals surface area contributed by atoms with Crippen LogP contribution >= 0.6 is 0 Å². The number of fused-ring (bicyclic) bond motifs is 1. The third-order valence-electron chi connectivity index (χ3n) is 4.18. The fourth-order valence-corrected chi connectivity index (χ4v) is 4.76. The standard InChI is InChI=1S/C17H19N3O3S/c1-12-13(5-4-8-18-12)9-19-17(21)20-10-14-11-24(22,23)16-7-3-2-6-15(14)16/h2-8,14H,9-11H2,1H3,(H2,19,20,21). The number of hydrogen-bond donors (Lipinski definition) is 2. The molecule has 126 valence electrons. The van der Waals surface area contributed by atoms with Crippen LogP contribution in [-0.2, 0) is 16.4 Å². The predicted octanol–water partition coefficient (Wildman–Crippen LogP) is 1.76. The number of nitrogens with one attached hydrogen (secondary N) is 2. The summed E-state index contributed by atoms with van der Waals surface area (Å²) in [7, 11) is -3.24. The Hall–Kier alpha value is -2.41. The summed E-state index contributed by atoms with van der Waals surface area (Å²) < 4.78 is 24.2. The van der Waals surface area contributed by atoms with Gasteiger partial charge in [-0.25, -0.2) is 13.2 Å². The van der Waals surface area contributed by atoms with Gasteiger partial charge in [-0.05, 0) is 30.2 Å². The van der Waals surface area contributed by atoms with Crippen LogP contribution in [0.5, 0.6) is 0 Å². The van der Waals surface area contributed by atoms with E-state index in [1.807, 2.05) is 31.2 Å². The summed E-state index contributed by atoms with van der Waals surface area (Å²) in [6.07, 6.45) is 1.71. The monoisotopic (exact) mass is 345 g/mol. The molecule has 1 aromatic carbocycles. The van der Waals surface area contributed by atoms with E-state index in [9.17, 15) is 13.2 Å². The van der Waals surface area contributed by atoms with Crippen molar-refractivity contribution in [3.05, 3.63) is 59.4 Å². The lowest BCUT2D eigenvalue weighted by molar-refractivity contribution is 0.240. The highest BCUT2D eigenvalue weighted by Gasteiger charge is 2.34. The summed E-state index contributed by atoms with van der Waals surface area (Å²) in [6, 6.07) is 10.4. The molecule has 0 spiro atoms. The van der Waals surface area contributed by atoms with Gasteiger partial charge in [0.25, 0.3) is 0 Å². The first-order chi connectivity index (χ1) is 11.5.